The number of rotatable bonds is 5. The highest BCUT2D eigenvalue weighted by Gasteiger charge is 2.01. The Labute approximate surface area is 84.3 Å². The molecule has 0 radical (unpaired) electrons. The van der Waals surface area contributed by atoms with Crippen LogP contribution in [0.4, 0.5) is 4.39 Å². The summed E-state index contributed by atoms with van der Waals surface area (Å²) in [5, 5.41) is 8.82. The number of aliphatic hydroxyl groups is 1. The van der Waals surface area contributed by atoms with Gasteiger partial charge in [0.25, 0.3) is 0 Å². The highest BCUT2D eigenvalue weighted by molar-refractivity contribution is 5.49. The van der Waals surface area contributed by atoms with Crippen molar-refractivity contribution in [2.75, 3.05) is 6.61 Å². The lowest BCUT2D eigenvalue weighted by Gasteiger charge is -2.06. The molecule has 0 aliphatic heterocycles. The van der Waals surface area contributed by atoms with Gasteiger partial charge in [0.05, 0.1) is 6.61 Å². The predicted octanol–water partition coefficient (Wildman–Crippen LogP) is 3.08. The Bertz CT molecular complexity index is 308. The zero-order valence-electron chi connectivity index (χ0n) is 8.39. The number of aliphatic hydroxyl groups excluding tert-OH is 1. The van der Waals surface area contributed by atoms with Crippen molar-refractivity contribution in [3.63, 3.8) is 0 Å². The molecule has 0 rings (SSSR count). The van der Waals surface area contributed by atoms with E-state index in [-0.39, 0.29) is 6.61 Å². The number of allylic oxidation sites excluding steroid dienone is 5. The molecule has 0 saturated carbocycles. The second-order valence-corrected chi connectivity index (χ2v) is 2.76. The topological polar surface area (TPSA) is 20.2 Å². The molecule has 0 atom stereocenters. The van der Waals surface area contributed by atoms with Crippen LogP contribution in [0.2, 0.25) is 0 Å². The van der Waals surface area contributed by atoms with Gasteiger partial charge >= 0.3 is 0 Å². The van der Waals surface area contributed by atoms with Gasteiger partial charge < -0.3 is 5.11 Å². The first-order chi connectivity index (χ1) is 6.52. The molecule has 14 heavy (non-hydrogen) atoms. The molecular formula is C12H15FO. The van der Waals surface area contributed by atoms with Crippen molar-refractivity contribution < 1.29 is 9.50 Å². The highest BCUT2D eigenvalue weighted by Crippen LogP contribution is 2.17. The fraction of sp³-hybridized carbons (Fsp3) is 0.167. The third kappa shape index (κ3) is 4.01. The van der Waals surface area contributed by atoms with Crippen molar-refractivity contribution >= 4 is 0 Å². The Kier molecular flexibility index (Phi) is 5.49. The van der Waals surface area contributed by atoms with E-state index in [9.17, 15) is 4.39 Å². The first-order valence-electron chi connectivity index (χ1n) is 4.20. The Morgan fingerprint density at radius 1 is 1.29 bits per heavy atom. The molecule has 0 aliphatic carbocycles. The van der Waals surface area contributed by atoms with Crippen molar-refractivity contribution in [1.82, 2.24) is 0 Å². The number of hydrogen-bond donors (Lipinski definition) is 1. The molecular weight excluding hydrogens is 179 g/mol. The lowest BCUT2D eigenvalue weighted by Crippen LogP contribution is -1.94. The zero-order valence-corrected chi connectivity index (χ0v) is 8.39. The lowest BCUT2D eigenvalue weighted by molar-refractivity contribution is 0.334. The SMILES string of the molecule is C=C(F)C=CC(=CC)C(=C)C(=C)CO. The number of halogens is 1. The molecule has 0 bridgehead atoms. The average Bonchev–Trinajstić information content (AvgIpc) is 2.16. The van der Waals surface area contributed by atoms with Crippen LogP contribution in [0.15, 0.2) is 60.5 Å². The largest absolute Gasteiger partial charge is 0.392 e. The van der Waals surface area contributed by atoms with Gasteiger partial charge in [-0.15, -0.1) is 0 Å². The minimum absolute atomic E-state index is 0.152. The van der Waals surface area contributed by atoms with E-state index in [2.05, 4.69) is 19.7 Å². The molecule has 0 fully saturated rings. The Morgan fingerprint density at radius 3 is 2.21 bits per heavy atom. The maximum absolute atomic E-state index is 12.3. The zero-order chi connectivity index (χ0) is 11.1. The third-order valence-corrected chi connectivity index (χ3v) is 1.72. The molecule has 0 aromatic heterocycles. The van der Waals surface area contributed by atoms with E-state index in [1.54, 1.807) is 19.1 Å². The predicted molar refractivity (Wildman–Crippen MR) is 58.5 cm³/mol. The minimum Gasteiger partial charge on any atom is -0.392 e. The first-order valence-corrected chi connectivity index (χ1v) is 4.20. The van der Waals surface area contributed by atoms with Crippen LogP contribution in [-0.4, -0.2) is 11.7 Å². The molecule has 2 heteroatoms. The molecule has 0 unspecified atom stereocenters. The van der Waals surface area contributed by atoms with Crippen molar-refractivity contribution in [2.24, 2.45) is 0 Å². The second kappa shape index (κ2) is 6.11. The van der Waals surface area contributed by atoms with E-state index in [1.165, 1.54) is 6.08 Å². The third-order valence-electron chi connectivity index (χ3n) is 1.72. The maximum Gasteiger partial charge on any atom is 0.116 e. The first kappa shape index (κ1) is 12.6. The van der Waals surface area contributed by atoms with Gasteiger partial charge in [0.2, 0.25) is 0 Å². The van der Waals surface area contributed by atoms with Crippen molar-refractivity contribution in [3.05, 3.63) is 60.5 Å². The van der Waals surface area contributed by atoms with Crippen LogP contribution in [0.5, 0.6) is 0 Å². The summed E-state index contributed by atoms with van der Waals surface area (Å²) >= 11 is 0. The summed E-state index contributed by atoms with van der Waals surface area (Å²) in [5.74, 6) is -0.522. The summed E-state index contributed by atoms with van der Waals surface area (Å²) in [4.78, 5) is 0. The molecule has 76 valence electrons. The molecule has 0 aromatic rings. The summed E-state index contributed by atoms with van der Waals surface area (Å²) in [6, 6.07) is 0. The van der Waals surface area contributed by atoms with Crippen molar-refractivity contribution in [1.29, 1.82) is 0 Å². The van der Waals surface area contributed by atoms with E-state index >= 15 is 0 Å². The maximum atomic E-state index is 12.3. The summed E-state index contributed by atoms with van der Waals surface area (Å²) in [5.41, 5.74) is 1.85. The van der Waals surface area contributed by atoms with E-state index in [0.29, 0.717) is 11.1 Å². The molecule has 0 saturated heterocycles. The van der Waals surface area contributed by atoms with Gasteiger partial charge in [-0.05, 0) is 29.7 Å². The monoisotopic (exact) mass is 194 g/mol. The number of hydrogen-bond acceptors (Lipinski definition) is 1. The van der Waals surface area contributed by atoms with E-state index in [1.807, 2.05) is 0 Å². The van der Waals surface area contributed by atoms with Gasteiger partial charge in [-0.3, -0.25) is 0 Å². The highest BCUT2D eigenvalue weighted by atomic mass is 19.1. The van der Waals surface area contributed by atoms with Crippen LogP contribution in [0.25, 0.3) is 0 Å². The summed E-state index contributed by atoms with van der Waals surface area (Å²) in [6.45, 7) is 12.1. The molecule has 0 aromatic carbocycles. The molecule has 1 nitrogen and oxygen atoms in total. The van der Waals surface area contributed by atoms with Crippen molar-refractivity contribution in [3.8, 4) is 0 Å². The van der Waals surface area contributed by atoms with E-state index < -0.39 is 5.83 Å². The Hall–Kier alpha value is -1.41. The van der Waals surface area contributed by atoms with Gasteiger partial charge in [-0.2, -0.15) is 0 Å². The van der Waals surface area contributed by atoms with Gasteiger partial charge in [0.1, 0.15) is 5.83 Å². The van der Waals surface area contributed by atoms with Gasteiger partial charge in [0, 0.05) is 0 Å². The Balaban J connectivity index is 4.68. The normalized spacial score (nSPS) is 11.8. The van der Waals surface area contributed by atoms with Gasteiger partial charge in [-0.1, -0.05) is 31.9 Å². The molecule has 0 aliphatic rings. The summed E-state index contributed by atoms with van der Waals surface area (Å²) < 4.78 is 12.3. The van der Waals surface area contributed by atoms with Crippen LogP contribution >= 0.6 is 0 Å². The van der Waals surface area contributed by atoms with Crippen LogP contribution in [0, 0.1) is 0 Å². The van der Waals surface area contributed by atoms with Crippen molar-refractivity contribution in [2.45, 2.75) is 6.92 Å². The standard InChI is InChI=1S/C12H15FO/c1-5-12(7-6-10(3)13)11(4)9(2)8-14/h5-7,14H,2-4,8H2,1H3. The fourth-order valence-corrected chi connectivity index (χ4v) is 0.851. The minimum atomic E-state index is -0.522. The Morgan fingerprint density at radius 2 is 1.86 bits per heavy atom. The average molecular weight is 194 g/mol. The summed E-state index contributed by atoms with van der Waals surface area (Å²) in [6.07, 6.45) is 4.55. The molecule has 0 spiro atoms. The van der Waals surface area contributed by atoms with Crippen LogP contribution in [0.1, 0.15) is 6.92 Å². The molecule has 0 heterocycles. The van der Waals surface area contributed by atoms with Crippen LogP contribution in [0.3, 0.4) is 0 Å². The van der Waals surface area contributed by atoms with Gasteiger partial charge in [-0.25, -0.2) is 4.39 Å². The smallest absolute Gasteiger partial charge is 0.116 e. The fourth-order valence-electron chi connectivity index (χ4n) is 0.851. The van der Waals surface area contributed by atoms with E-state index in [0.717, 1.165) is 5.57 Å². The summed E-state index contributed by atoms with van der Waals surface area (Å²) in [7, 11) is 0. The quantitative estimate of drug-likeness (QED) is 0.667. The second-order valence-electron chi connectivity index (χ2n) is 2.76. The lowest BCUT2D eigenvalue weighted by atomic mass is 10.0. The van der Waals surface area contributed by atoms with E-state index in [4.69, 9.17) is 5.11 Å². The molecule has 0 amide bonds. The van der Waals surface area contributed by atoms with Crippen LogP contribution < -0.4 is 0 Å². The van der Waals surface area contributed by atoms with Gasteiger partial charge in [0.15, 0.2) is 0 Å². The molecule has 1 N–H and O–H groups in total. The van der Waals surface area contributed by atoms with Crippen LogP contribution in [-0.2, 0) is 0 Å².